The molecule has 0 heterocycles. The van der Waals surface area contributed by atoms with Gasteiger partial charge in [-0.1, -0.05) is 24.3 Å². The summed E-state index contributed by atoms with van der Waals surface area (Å²) in [4.78, 5) is 10.1. The number of hydrogen-bond donors (Lipinski definition) is 1. The van der Waals surface area contributed by atoms with E-state index in [0.29, 0.717) is 0 Å². The summed E-state index contributed by atoms with van der Waals surface area (Å²) in [5.74, 6) is -0.897. The number of aliphatic carboxylic acids is 1. The minimum atomic E-state index is -0.897. The van der Waals surface area contributed by atoms with Gasteiger partial charge in [0.1, 0.15) is 0 Å². The van der Waals surface area contributed by atoms with Gasteiger partial charge in [-0.25, -0.2) is 4.79 Å². The number of hydrogen-bond acceptors (Lipinski definition) is 1. The lowest BCUT2D eigenvalue weighted by Gasteiger charge is -1.96. The van der Waals surface area contributed by atoms with E-state index in [1.807, 2.05) is 12.2 Å². The van der Waals surface area contributed by atoms with Crippen LogP contribution in [0.4, 0.5) is 0 Å². The van der Waals surface area contributed by atoms with E-state index in [4.69, 9.17) is 5.11 Å². The SMILES string of the molecule is O=C(O)C=C1C=CCC=C1. The fourth-order valence-electron chi connectivity index (χ4n) is 0.781. The molecule has 0 saturated heterocycles. The van der Waals surface area contributed by atoms with Gasteiger partial charge in [0.05, 0.1) is 0 Å². The van der Waals surface area contributed by atoms with Crippen LogP contribution in [0.3, 0.4) is 0 Å². The van der Waals surface area contributed by atoms with Crippen molar-refractivity contribution in [3.8, 4) is 0 Å². The van der Waals surface area contributed by atoms with Crippen molar-refractivity contribution in [2.75, 3.05) is 0 Å². The molecule has 0 aromatic carbocycles. The van der Waals surface area contributed by atoms with E-state index in [2.05, 4.69) is 0 Å². The quantitative estimate of drug-likeness (QED) is 0.555. The van der Waals surface area contributed by atoms with Crippen molar-refractivity contribution in [1.82, 2.24) is 0 Å². The maximum absolute atomic E-state index is 10.1. The van der Waals surface area contributed by atoms with Gasteiger partial charge >= 0.3 is 5.97 Å². The molecule has 0 bridgehead atoms. The van der Waals surface area contributed by atoms with Crippen LogP contribution in [-0.4, -0.2) is 11.1 Å². The predicted molar refractivity (Wildman–Crippen MR) is 38.6 cm³/mol. The Hall–Kier alpha value is -1.31. The largest absolute Gasteiger partial charge is 0.478 e. The van der Waals surface area contributed by atoms with E-state index in [0.717, 1.165) is 12.0 Å². The van der Waals surface area contributed by atoms with E-state index in [-0.39, 0.29) is 0 Å². The number of carboxylic acids is 1. The molecule has 0 aromatic heterocycles. The fourth-order valence-corrected chi connectivity index (χ4v) is 0.781. The normalized spacial score (nSPS) is 15.4. The molecule has 2 nitrogen and oxygen atoms in total. The average molecular weight is 136 g/mol. The average Bonchev–Trinajstić information content (AvgIpc) is 1.88. The number of carbonyl (C=O) groups is 1. The van der Waals surface area contributed by atoms with Crippen molar-refractivity contribution >= 4 is 5.97 Å². The van der Waals surface area contributed by atoms with E-state index in [1.165, 1.54) is 6.08 Å². The van der Waals surface area contributed by atoms with Crippen LogP contribution in [0.1, 0.15) is 6.42 Å². The van der Waals surface area contributed by atoms with E-state index in [9.17, 15) is 4.79 Å². The Morgan fingerprint density at radius 2 is 2.10 bits per heavy atom. The van der Waals surface area contributed by atoms with Gasteiger partial charge in [0.2, 0.25) is 0 Å². The molecule has 0 aromatic rings. The summed E-state index contributed by atoms with van der Waals surface area (Å²) in [7, 11) is 0. The molecule has 0 amide bonds. The second-order valence-electron chi connectivity index (χ2n) is 2.02. The summed E-state index contributed by atoms with van der Waals surface area (Å²) in [5, 5.41) is 8.32. The highest BCUT2D eigenvalue weighted by molar-refractivity contribution is 5.82. The first kappa shape index (κ1) is 6.81. The molecule has 0 radical (unpaired) electrons. The molecule has 1 aliphatic rings. The molecular formula is C8H8O2. The highest BCUT2D eigenvalue weighted by Gasteiger charge is 1.93. The number of carboxylic acid groups (broad SMARTS) is 1. The molecule has 2 heteroatoms. The Labute approximate surface area is 59.2 Å². The molecule has 0 unspecified atom stereocenters. The molecule has 0 spiro atoms. The third kappa shape index (κ3) is 1.90. The van der Waals surface area contributed by atoms with Crippen LogP contribution >= 0.6 is 0 Å². The molecule has 0 fully saturated rings. The van der Waals surface area contributed by atoms with Crippen LogP contribution in [-0.2, 0) is 4.79 Å². The van der Waals surface area contributed by atoms with Crippen LogP contribution in [0.15, 0.2) is 36.0 Å². The fraction of sp³-hybridized carbons (Fsp3) is 0.125. The molecule has 0 saturated carbocycles. The molecule has 0 atom stereocenters. The first-order chi connectivity index (χ1) is 4.79. The molecule has 1 rings (SSSR count). The summed E-state index contributed by atoms with van der Waals surface area (Å²) in [5.41, 5.74) is 0.749. The third-order valence-corrected chi connectivity index (χ3v) is 1.18. The smallest absolute Gasteiger partial charge is 0.328 e. The zero-order valence-corrected chi connectivity index (χ0v) is 5.45. The Morgan fingerprint density at radius 3 is 2.60 bits per heavy atom. The lowest BCUT2D eigenvalue weighted by molar-refractivity contribution is -0.131. The predicted octanol–water partition coefficient (Wildman–Crippen LogP) is 1.51. The van der Waals surface area contributed by atoms with Crippen LogP contribution in [0.25, 0.3) is 0 Å². The van der Waals surface area contributed by atoms with Crippen LogP contribution in [0.2, 0.25) is 0 Å². The lowest BCUT2D eigenvalue weighted by atomic mass is 10.1. The topological polar surface area (TPSA) is 37.3 Å². The molecule has 52 valence electrons. The number of allylic oxidation sites excluding steroid dienone is 5. The Bertz CT molecular complexity index is 207. The van der Waals surface area contributed by atoms with E-state index < -0.39 is 5.97 Å². The zero-order valence-electron chi connectivity index (χ0n) is 5.45. The first-order valence-electron chi connectivity index (χ1n) is 3.07. The van der Waals surface area contributed by atoms with E-state index >= 15 is 0 Å². The van der Waals surface area contributed by atoms with Crippen molar-refractivity contribution in [3.05, 3.63) is 36.0 Å². The van der Waals surface area contributed by atoms with Crippen molar-refractivity contribution in [2.45, 2.75) is 6.42 Å². The Kier molecular flexibility index (Phi) is 2.05. The van der Waals surface area contributed by atoms with Gasteiger partial charge in [0, 0.05) is 6.08 Å². The van der Waals surface area contributed by atoms with Gasteiger partial charge in [0.15, 0.2) is 0 Å². The second-order valence-corrected chi connectivity index (χ2v) is 2.02. The van der Waals surface area contributed by atoms with Gasteiger partial charge in [-0.15, -0.1) is 0 Å². The molecular weight excluding hydrogens is 128 g/mol. The summed E-state index contributed by atoms with van der Waals surface area (Å²) >= 11 is 0. The van der Waals surface area contributed by atoms with Crippen molar-refractivity contribution in [3.63, 3.8) is 0 Å². The molecule has 0 aliphatic heterocycles. The van der Waals surface area contributed by atoms with Crippen LogP contribution in [0, 0.1) is 0 Å². The summed E-state index contributed by atoms with van der Waals surface area (Å²) in [6.07, 6.45) is 9.54. The highest BCUT2D eigenvalue weighted by atomic mass is 16.4. The molecule has 1 N–H and O–H groups in total. The zero-order chi connectivity index (χ0) is 7.40. The van der Waals surface area contributed by atoms with Gasteiger partial charge in [-0.2, -0.15) is 0 Å². The maximum Gasteiger partial charge on any atom is 0.328 e. The van der Waals surface area contributed by atoms with Crippen LogP contribution < -0.4 is 0 Å². The lowest BCUT2D eigenvalue weighted by Crippen LogP contribution is -1.89. The van der Waals surface area contributed by atoms with Crippen LogP contribution in [0.5, 0.6) is 0 Å². The third-order valence-electron chi connectivity index (χ3n) is 1.18. The summed E-state index contributed by atoms with van der Waals surface area (Å²) in [6.45, 7) is 0. The van der Waals surface area contributed by atoms with Crippen molar-refractivity contribution in [2.24, 2.45) is 0 Å². The van der Waals surface area contributed by atoms with Gasteiger partial charge in [-0.05, 0) is 12.0 Å². The minimum Gasteiger partial charge on any atom is -0.478 e. The second kappa shape index (κ2) is 3.01. The summed E-state index contributed by atoms with van der Waals surface area (Å²) in [6, 6.07) is 0. The number of rotatable bonds is 1. The Morgan fingerprint density at radius 1 is 1.50 bits per heavy atom. The Balaban J connectivity index is 2.71. The highest BCUT2D eigenvalue weighted by Crippen LogP contribution is 2.06. The van der Waals surface area contributed by atoms with Crippen molar-refractivity contribution in [1.29, 1.82) is 0 Å². The van der Waals surface area contributed by atoms with Crippen molar-refractivity contribution < 1.29 is 9.90 Å². The van der Waals surface area contributed by atoms with Gasteiger partial charge < -0.3 is 5.11 Å². The first-order valence-corrected chi connectivity index (χ1v) is 3.07. The van der Waals surface area contributed by atoms with Gasteiger partial charge in [0.25, 0.3) is 0 Å². The van der Waals surface area contributed by atoms with Gasteiger partial charge in [-0.3, -0.25) is 0 Å². The summed E-state index contributed by atoms with van der Waals surface area (Å²) < 4.78 is 0. The maximum atomic E-state index is 10.1. The monoisotopic (exact) mass is 136 g/mol. The standard InChI is InChI=1S/C8H8O2/c9-8(10)6-7-4-2-1-3-5-7/h2-6H,1H2,(H,9,10). The minimum absolute atomic E-state index is 0.749. The molecule has 10 heavy (non-hydrogen) atoms. The molecule has 1 aliphatic carbocycles. The van der Waals surface area contributed by atoms with E-state index in [1.54, 1.807) is 12.2 Å².